The number of nitrogens with one attached hydrogen (secondary N) is 1. The van der Waals surface area contributed by atoms with Gasteiger partial charge in [-0.2, -0.15) is 0 Å². The number of benzene rings is 1. The maximum Gasteiger partial charge on any atom is 0.335 e. The predicted molar refractivity (Wildman–Crippen MR) is 96.6 cm³/mol. The van der Waals surface area contributed by atoms with Crippen molar-refractivity contribution in [3.05, 3.63) is 59.3 Å². The lowest BCUT2D eigenvalue weighted by molar-refractivity contribution is 0.0696. The molecule has 0 aliphatic carbocycles. The molecule has 0 radical (unpaired) electrons. The quantitative estimate of drug-likeness (QED) is 0.853. The van der Waals surface area contributed by atoms with Gasteiger partial charge in [-0.15, -0.1) is 0 Å². The molecule has 2 N–H and O–H groups in total. The SMILES string of the molecule is C[C@@H](NC(=O)c1cccnc1N1CCOCC1)c1ccc(C(=O)O)cc1. The van der Waals surface area contributed by atoms with Crippen LogP contribution in [0.15, 0.2) is 42.6 Å². The maximum absolute atomic E-state index is 12.8. The largest absolute Gasteiger partial charge is 0.478 e. The summed E-state index contributed by atoms with van der Waals surface area (Å²) in [7, 11) is 0. The van der Waals surface area contributed by atoms with E-state index >= 15 is 0 Å². The molecule has 3 rings (SSSR count). The molecule has 0 bridgehead atoms. The van der Waals surface area contributed by atoms with E-state index in [2.05, 4.69) is 10.3 Å². The van der Waals surface area contributed by atoms with E-state index in [0.29, 0.717) is 37.7 Å². The van der Waals surface area contributed by atoms with Crippen LogP contribution in [0.3, 0.4) is 0 Å². The van der Waals surface area contributed by atoms with E-state index in [1.54, 1.807) is 30.5 Å². The second kappa shape index (κ2) is 7.97. The van der Waals surface area contributed by atoms with Gasteiger partial charge in [0, 0.05) is 19.3 Å². The van der Waals surface area contributed by atoms with Gasteiger partial charge in [0.2, 0.25) is 0 Å². The van der Waals surface area contributed by atoms with Crippen molar-refractivity contribution in [1.82, 2.24) is 10.3 Å². The van der Waals surface area contributed by atoms with Gasteiger partial charge in [-0.1, -0.05) is 12.1 Å². The van der Waals surface area contributed by atoms with Crippen molar-refractivity contribution in [1.29, 1.82) is 0 Å². The number of hydrogen-bond acceptors (Lipinski definition) is 5. The van der Waals surface area contributed by atoms with Gasteiger partial charge in [0.25, 0.3) is 5.91 Å². The standard InChI is InChI=1S/C19H21N3O4/c1-13(14-4-6-15(7-5-14)19(24)25)21-18(23)16-3-2-8-20-17(16)22-9-11-26-12-10-22/h2-8,13H,9-12H2,1H3,(H,21,23)(H,24,25)/t13-/m1/s1. The third kappa shape index (κ3) is 4.00. The molecule has 1 atom stereocenters. The molecule has 26 heavy (non-hydrogen) atoms. The fourth-order valence-corrected chi connectivity index (χ4v) is 2.87. The van der Waals surface area contributed by atoms with Gasteiger partial charge < -0.3 is 20.1 Å². The Morgan fingerprint density at radius 2 is 1.88 bits per heavy atom. The number of aromatic nitrogens is 1. The van der Waals surface area contributed by atoms with E-state index in [-0.39, 0.29) is 17.5 Å². The average molecular weight is 355 g/mol. The zero-order valence-electron chi connectivity index (χ0n) is 14.5. The number of pyridine rings is 1. The van der Waals surface area contributed by atoms with Crippen molar-refractivity contribution in [2.24, 2.45) is 0 Å². The van der Waals surface area contributed by atoms with Crippen LogP contribution >= 0.6 is 0 Å². The Labute approximate surface area is 151 Å². The molecular weight excluding hydrogens is 334 g/mol. The second-order valence-electron chi connectivity index (χ2n) is 6.10. The third-order valence-corrected chi connectivity index (χ3v) is 4.35. The molecule has 0 unspecified atom stereocenters. The monoisotopic (exact) mass is 355 g/mol. The number of carboxylic acid groups (broad SMARTS) is 1. The molecule has 1 saturated heterocycles. The van der Waals surface area contributed by atoms with E-state index in [9.17, 15) is 9.59 Å². The summed E-state index contributed by atoms with van der Waals surface area (Å²) >= 11 is 0. The molecule has 7 heteroatoms. The fraction of sp³-hybridized carbons (Fsp3) is 0.316. The van der Waals surface area contributed by atoms with Gasteiger partial charge in [-0.3, -0.25) is 4.79 Å². The van der Waals surface area contributed by atoms with Crippen LogP contribution in [0.2, 0.25) is 0 Å². The van der Waals surface area contributed by atoms with Crippen molar-refractivity contribution in [2.45, 2.75) is 13.0 Å². The van der Waals surface area contributed by atoms with E-state index in [4.69, 9.17) is 9.84 Å². The molecule has 2 aromatic rings. The minimum absolute atomic E-state index is 0.214. The van der Waals surface area contributed by atoms with Crippen molar-refractivity contribution < 1.29 is 19.4 Å². The van der Waals surface area contributed by atoms with Crippen molar-refractivity contribution in [2.75, 3.05) is 31.2 Å². The molecule has 1 amide bonds. The number of amides is 1. The Morgan fingerprint density at radius 3 is 2.54 bits per heavy atom. The Morgan fingerprint density at radius 1 is 1.19 bits per heavy atom. The fourth-order valence-electron chi connectivity index (χ4n) is 2.87. The third-order valence-electron chi connectivity index (χ3n) is 4.35. The van der Waals surface area contributed by atoms with E-state index in [1.807, 2.05) is 11.8 Å². The summed E-state index contributed by atoms with van der Waals surface area (Å²) in [5, 5.41) is 11.9. The molecule has 0 spiro atoms. The highest BCUT2D eigenvalue weighted by molar-refractivity contribution is 5.99. The lowest BCUT2D eigenvalue weighted by Crippen LogP contribution is -2.38. The van der Waals surface area contributed by atoms with Gasteiger partial charge in [-0.25, -0.2) is 9.78 Å². The Hall–Kier alpha value is -2.93. The van der Waals surface area contributed by atoms with Crippen LogP contribution in [0, 0.1) is 0 Å². The first kappa shape index (κ1) is 17.9. The highest BCUT2D eigenvalue weighted by Crippen LogP contribution is 2.20. The van der Waals surface area contributed by atoms with Crippen molar-refractivity contribution in [3.63, 3.8) is 0 Å². The van der Waals surface area contributed by atoms with Crippen molar-refractivity contribution >= 4 is 17.7 Å². The zero-order valence-corrected chi connectivity index (χ0v) is 14.5. The van der Waals surface area contributed by atoms with Gasteiger partial charge in [0.15, 0.2) is 0 Å². The normalized spacial score (nSPS) is 15.3. The minimum atomic E-state index is -0.973. The summed E-state index contributed by atoms with van der Waals surface area (Å²) in [4.78, 5) is 30.1. The summed E-state index contributed by atoms with van der Waals surface area (Å²) in [6.45, 7) is 4.49. The molecule has 1 aliphatic rings. The molecule has 2 heterocycles. The molecule has 136 valence electrons. The van der Waals surface area contributed by atoms with Gasteiger partial charge in [0.1, 0.15) is 5.82 Å². The number of carbonyl (C=O) groups excluding carboxylic acids is 1. The average Bonchev–Trinajstić information content (AvgIpc) is 2.68. The summed E-state index contributed by atoms with van der Waals surface area (Å²) in [5.74, 6) is -0.533. The van der Waals surface area contributed by atoms with E-state index in [0.717, 1.165) is 5.56 Å². The molecular formula is C19H21N3O4. The number of morpholine rings is 1. The van der Waals surface area contributed by atoms with E-state index in [1.165, 1.54) is 12.1 Å². The summed E-state index contributed by atoms with van der Waals surface area (Å²) in [6.07, 6.45) is 1.68. The lowest BCUT2D eigenvalue weighted by atomic mass is 10.1. The summed E-state index contributed by atoms with van der Waals surface area (Å²) < 4.78 is 5.36. The molecule has 0 saturated carbocycles. The first-order valence-electron chi connectivity index (χ1n) is 8.48. The maximum atomic E-state index is 12.8. The van der Waals surface area contributed by atoms with Crippen molar-refractivity contribution in [3.8, 4) is 0 Å². The zero-order chi connectivity index (χ0) is 18.5. The molecule has 7 nitrogen and oxygen atoms in total. The van der Waals surface area contributed by atoms with Gasteiger partial charge in [-0.05, 0) is 36.8 Å². The highest BCUT2D eigenvalue weighted by atomic mass is 16.5. The molecule has 1 aliphatic heterocycles. The molecule has 1 fully saturated rings. The number of carbonyl (C=O) groups is 2. The van der Waals surface area contributed by atoms with Crippen LogP contribution in [0.4, 0.5) is 5.82 Å². The Bertz CT molecular complexity index is 786. The number of carboxylic acids is 1. The van der Waals surface area contributed by atoms with Crippen LogP contribution < -0.4 is 10.2 Å². The van der Waals surface area contributed by atoms with Crippen LogP contribution in [-0.2, 0) is 4.74 Å². The minimum Gasteiger partial charge on any atom is -0.478 e. The number of anilines is 1. The van der Waals surface area contributed by atoms with Crippen LogP contribution in [0.1, 0.15) is 39.2 Å². The highest BCUT2D eigenvalue weighted by Gasteiger charge is 2.21. The Balaban J connectivity index is 1.74. The predicted octanol–water partition coefficient (Wildman–Crippen LogP) is 2.11. The number of hydrogen-bond donors (Lipinski definition) is 2. The molecule has 1 aromatic heterocycles. The summed E-state index contributed by atoms with van der Waals surface area (Å²) in [6, 6.07) is 9.72. The smallest absolute Gasteiger partial charge is 0.335 e. The Kier molecular flexibility index (Phi) is 5.48. The van der Waals surface area contributed by atoms with Crippen LogP contribution in [0.5, 0.6) is 0 Å². The number of rotatable bonds is 5. The number of ether oxygens (including phenoxy) is 1. The van der Waals surface area contributed by atoms with E-state index < -0.39 is 5.97 Å². The van der Waals surface area contributed by atoms with Gasteiger partial charge in [0.05, 0.1) is 30.4 Å². The molecule has 1 aromatic carbocycles. The van der Waals surface area contributed by atoms with Crippen LogP contribution in [-0.4, -0.2) is 48.3 Å². The van der Waals surface area contributed by atoms with Crippen LogP contribution in [0.25, 0.3) is 0 Å². The topological polar surface area (TPSA) is 91.8 Å². The second-order valence-corrected chi connectivity index (χ2v) is 6.10. The summed E-state index contributed by atoms with van der Waals surface area (Å²) in [5.41, 5.74) is 1.57. The number of aromatic carboxylic acids is 1. The first-order valence-corrected chi connectivity index (χ1v) is 8.48. The first-order chi connectivity index (χ1) is 12.6. The lowest BCUT2D eigenvalue weighted by Gasteiger charge is -2.29. The van der Waals surface area contributed by atoms with Gasteiger partial charge >= 0.3 is 5.97 Å². The number of nitrogens with zero attached hydrogens (tertiary/aromatic N) is 2.